The number of ether oxygens (including phenoxy) is 1. The Bertz CT molecular complexity index is 1130. The van der Waals surface area contributed by atoms with Crippen LogP contribution in [0.5, 0.6) is 5.75 Å². The Morgan fingerprint density at radius 1 is 1.14 bits per heavy atom. The van der Waals surface area contributed by atoms with Crippen LogP contribution in [0, 0.1) is 0 Å². The number of nitrogens with zero attached hydrogens (tertiary/aromatic N) is 5. The molecule has 3 aromatic rings. The van der Waals surface area contributed by atoms with Gasteiger partial charge in [0.15, 0.2) is 17.0 Å². The van der Waals surface area contributed by atoms with Crippen LogP contribution in [-0.4, -0.2) is 37.5 Å². The normalized spacial score (nSPS) is 14.6. The molecule has 0 radical (unpaired) electrons. The van der Waals surface area contributed by atoms with Gasteiger partial charge in [-0.05, 0) is 50.1 Å². The van der Waals surface area contributed by atoms with E-state index in [1.807, 2.05) is 24.3 Å². The molecule has 0 saturated heterocycles. The van der Waals surface area contributed by atoms with E-state index in [0.717, 1.165) is 42.4 Å². The van der Waals surface area contributed by atoms with E-state index in [0.29, 0.717) is 24.5 Å². The van der Waals surface area contributed by atoms with Crippen LogP contribution in [0.15, 0.2) is 33.9 Å². The molecule has 1 fully saturated rings. The maximum absolute atomic E-state index is 12.7. The van der Waals surface area contributed by atoms with Crippen LogP contribution in [-0.2, 0) is 7.05 Å². The van der Waals surface area contributed by atoms with E-state index in [9.17, 15) is 9.59 Å². The van der Waals surface area contributed by atoms with Crippen LogP contribution in [0.1, 0.15) is 38.1 Å². The summed E-state index contributed by atoms with van der Waals surface area (Å²) in [6.07, 6.45) is 4.68. The third-order valence-corrected chi connectivity index (χ3v) is 5.32. The zero-order valence-electron chi connectivity index (χ0n) is 16.4. The zero-order valence-corrected chi connectivity index (χ0v) is 16.4. The second-order valence-electron chi connectivity index (χ2n) is 7.28. The van der Waals surface area contributed by atoms with Crippen molar-refractivity contribution >= 4 is 11.2 Å². The summed E-state index contributed by atoms with van der Waals surface area (Å²) in [5, 5.41) is 8.44. The fraction of sp³-hybridized carbons (Fsp3) is 0.450. The minimum Gasteiger partial charge on any atom is -0.494 e. The zero-order chi connectivity index (χ0) is 20.4. The quantitative estimate of drug-likeness (QED) is 0.626. The minimum absolute atomic E-state index is 0.0312. The Labute approximate surface area is 167 Å². The molecular weight excluding hydrogens is 372 g/mol. The number of hydrogen-bond acceptors (Lipinski definition) is 7. The summed E-state index contributed by atoms with van der Waals surface area (Å²) in [5.74, 6) is 1.06. The first-order valence-corrected chi connectivity index (χ1v) is 9.89. The predicted octanol–water partition coefficient (Wildman–Crippen LogP) is 1.39. The first-order chi connectivity index (χ1) is 14.1. The first kappa shape index (κ1) is 19.3. The van der Waals surface area contributed by atoms with E-state index in [1.54, 1.807) is 4.57 Å². The van der Waals surface area contributed by atoms with E-state index >= 15 is 0 Å². The van der Waals surface area contributed by atoms with Gasteiger partial charge in [-0.2, -0.15) is 0 Å². The van der Waals surface area contributed by atoms with Crippen LogP contribution >= 0.6 is 0 Å². The van der Waals surface area contributed by atoms with Crippen LogP contribution < -0.4 is 21.7 Å². The van der Waals surface area contributed by atoms with Crippen molar-refractivity contribution in [1.82, 2.24) is 24.3 Å². The van der Waals surface area contributed by atoms with Crippen molar-refractivity contribution in [3.63, 3.8) is 0 Å². The van der Waals surface area contributed by atoms with E-state index in [1.165, 1.54) is 7.05 Å². The molecule has 152 valence electrons. The number of fused-ring (bicyclic) bond motifs is 1. The number of nitrogens with two attached hydrogens (primary N) is 1. The van der Waals surface area contributed by atoms with Gasteiger partial charge in [0.2, 0.25) is 0 Å². The van der Waals surface area contributed by atoms with E-state index in [4.69, 9.17) is 10.5 Å². The molecule has 0 aliphatic heterocycles. The maximum Gasteiger partial charge on any atom is 0.332 e. The molecule has 0 unspecified atom stereocenters. The highest BCUT2D eigenvalue weighted by molar-refractivity contribution is 5.71. The first-order valence-electron chi connectivity index (χ1n) is 9.89. The molecule has 0 spiro atoms. The minimum atomic E-state index is -0.461. The Balaban J connectivity index is 1.74. The summed E-state index contributed by atoms with van der Waals surface area (Å²) in [4.78, 5) is 29.8. The fourth-order valence-corrected chi connectivity index (χ4v) is 3.71. The molecular formula is C20H24N6O3. The molecule has 0 amide bonds. The molecule has 1 saturated carbocycles. The molecule has 2 aromatic heterocycles. The second-order valence-corrected chi connectivity index (χ2v) is 7.28. The highest BCUT2D eigenvalue weighted by Crippen LogP contribution is 2.29. The third-order valence-electron chi connectivity index (χ3n) is 5.32. The molecule has 1 aliphatic rings. The summed E-state index contributed by atoms with van der Waals surface area (Å²) < 4.78 is 8.29. The molecule has 1 aromatic carbocycles. The van der Waals surface area contributed by atoms with Crippen LogP contribution in [0.4, 0.5) is 0 Å². The summed E-state index contributed by atoms with van der Waals surface area (Å²) in [7, 11) is 1.48. The van der Waals surface area contributed by atoms with Gasteiger partial charge in [0, 0.05) is 18.7 Å². The molecule has 2 heterocycles. The summed E-state index contributed by atoms with van der Waals surface area (Å²) in [5.41, 5.74) is 5.78. The van der Waals surface area contributed by atoms with E-state index < -0.39 is 5.56 Å². The Hall–Kier alpha value is -3.07. The molecule has 9 nitrogen and oxygen atoms in total. The molecule has 2 N–H and O–H groups in total. The monoisotopic (exact) mass is 396 g/mol. The van der Waals surface area contributed by atoms with Crippen molar-refractivity contribution in [2.45, 2.75) is 38.1 Å². The summed E-state index contributed by atoms with van der Waals surface area (Å²) in [6.45, 7) is 1.13. The molecule has 29 heavy (non-hydrogen) atoms. The Morgan fingerprint density at radius 3 is 2.55 bits per heavy atom. The lowest BCUT2D eigenvalue weighted by atomic mass is 10.2. The van der Waals surface area contributed by atoms with E-state index in [2.05, 4.69) is 15.2 Å². The van der Waals surface area contributed by atoms with Crippen molar-refractivity contribution in [1.29, 1.82) is 0 Å². The molecule has 1 aliphatic carbocycles. The largest absolute Gasteiger partial charge is 0.494 e. The summed E-state index contributed by atoms with van der Waals surface area (Å²) >= 11 is 0. The number of hydrogen-bond donors (Lipinski definition) is 1. The van der Waals surface area contributed by atoms with Crippen molar-refractivity contribution in [3.05, 3.63) is 45.1 Å². The lowest BCUT2D eigenvalue weighted by Crippen LogP contribution is -2.40. The lowest BCUT2D eigenvalue weighted by molar-refractivity contribution is 0.313. The third kappa shape index (κ3) is 3.65. The van der Waals surface area contributed by atoms with Gasteiger partial charge in [-0.3, -0.25) is 13.9 Å². The lowest BCUT2D eigenvalue weighted by Gasteiger charge is -2.16. The van der Waals surface area contributed by atoms with Gasteiger partial charge >= 0.3 is 5.69 Å². The Morgan fingerprint density at radius 2 is 1.86 bits per heavy atom. The van der Waals surface area contributed by atoms with Crippen LogP contribution in [0.3, 0.4) is 0 Å². The van der Waals surface area contributed by atoms with Gasteiger partial charge in [-0.1, -0.05) is 12.8 Å². The van der Waals surface area contributed by atoms with Gasteiger partial charge in [-0.25, -0.2) is 9.78 Å². The van der Waals surface area contributed by atoms with Gasteiger partial charge < -0.3 is 10.5 Å². The average molecular weight is 396 g/mol. The number of rotatable bonds is 6. The van der Waals surface area contributed by atoms with Crippen molar-refractivity contribution < 1.29 is 4.74 Å². The highest BCUT2D eigenvalue weighted by Gasteiger charge is 2.24. The smallest absolute Gasteiger partial charge is 0.332 e. The summed E-state index contributed by atoms with van der Waals surface area (Å²) in [6, 6.07) is 7.30. The number of aromatic nitrogens is 5. The van der Waals surface area contributed by atoms with Gasteiger partial charge in [0.1, 0.15) is 5.75 Å². The predicted molar refractivity (Wildman–Crippen MR) is 109 cm³/mol. The number of benzene rings is 1. The highest BCUT2D eigenvalue weighted by atomic mass is 16.5. The van der Waals surface area contributed by atoms with Crippen LogP contribution in [0.25, 0.3) is 22.6 Å². The van der Waals surface area contributed by atoms with Crippen molar-refractivity contribution in [2.24, 2.45) is 12.8 Å². The topological polar surface area (TPSA) is 118 Å². The van der Waals surface area contributed by atoms with Gasteiger partial charge in [0.25, 0.3) is 5.56 Å². The van der Waals surface area contributed by atoms with Gasteiger partial charge in [0.05, 0.1) is 6.61 Å². The molecule has 0 atom stereocenters. The maximum atomic E-state index is 12.7. The molecule has 4 rings (SSSR count). The van der Waals surface area contributed by atoms with Crippen molar-refractivity contribution in [3.8, 4) is 17.1 Å². The Kier molecular flexibility index (Phi) is 5.39. The van der Waals surface area contributed by atoms with Crippen molar-refractivity contribution in [2.75, 3.05) is 13.2 Å². The molecule has 9 heteroatoms. The second kappa shape index (κ2) is 8.12. The fourth-order valence-electron chi connectivity index (χ4n) is 3.71. The SMILES string of the molecule is Cn1c(=O)c2nc(-c3ccc(OCCCN)cc3)nnc2n(C2CCCC2)c1=O. The van der Waals surface area contributed by atoms with Crippen LogP contribution in [0.2, 0.25) is 0 Å². The van der Waals surface area contributed by atoms with Gasteiger partial charge in [-0.15, -0.1) is 10.2 Å². The average Bonchev–Trinajstić information content (AvgIpc) is 3.27. The standard InChI is InChI=1S/C20H24N6O3/c1-25-19(27)16-18(26(20(25)28)14-5-2-3-6-14)24-23-17(22-16)13-7-9-15(10-8-13)29-12-4-11-21/h7-10,14H,2-6,11-12,21H2,1H3. The van der Waals surface area contributed by atoms with E-state index in [-0.39, 0.29) is 22.9 Å². The molecule has 0 bridgehead atoms.